The van der Waals surface area contributed by atoms with Crippen molar-refractivity contribution in [3.8, 4) is 0 Å². The number of carboxylic acids is 1. The van der Waals surface area contributed by atoms with E-state index in [2.05, 4.69) is 0 Å². The number of ether oxygens (including phenoxy) is 1. The van der Waals surface area contributed by atoms with Gasteiger partial charge in [-0.25, -0.2) is 4.39 Å². The van der Waals surface area contributed by atoms with Crippen molar-refractivity contribution in [2.24, 2.45) is 5.41 Å². The lowest BCUT2D eigenvalue weighted by atomic mass is 9.81. The number of aliphatic carboxylic acids is 1. The van der Waals surface area contributed by atoms with E-state index in [0.29, 0.717) is 23.6 Å². The fourth-order valence-electron chi connectivity index (χ4n) is 2.02. The van der Waals surface area contributed by atoms with E-state index in [1.165, 1.54) is 12.1 Å². The molecular formula is C12H12ClFO3. The Morgan fingerprint density at radius 1 is 1.59 bits per heavy atom. The summed E-state index contributed by atoms with van der Waals surface area (Å²) in [5.74, 6) is -1.41. The van der Waals surface area contributed by atoms with Gasteiger partial charge in [0.15, 0.2) is 0 Å². The normalized spacial score (nSPS) is 23.9. The molecule has 0 aliphatic carbocycles. The van der Waals surface area contributed by atoms with Crippen LogP contribution in [0.2, 0.25) is 5.02 Å². The maximum atomic E-state index is 13.6. The highest BCUT2D eigenvalue weighted by Crippen LogP contribution is 2.34. The minimum Gasteiger partial charge on any atom is -0.481 e. The molecule has 1 aromatic rings. The van der Waals surface area contributed by atoms with Crippen molar-refractivity contribution in [1.82, 2.24) is 0 Å². The summed E-state index contributed by atoms with van der Waals surface area (Å²) < 4.78 is 18.7. The van der Waals surface area contributed by atoms with E-state index >= 15 is 0 Å². The molecule has 5 heteroatoms. The number of hydrogen-bond donors (Lipinski definition) is 1. The zero-order chi connectivity index (χ0) is 12.5. The second-order valence-corrected chi connectivity index (χ2v) is 4.74. The van der Waals surface area contributed by atoms with Crippen LogP contribution in [0, 0.1) is 11.2 Å². The van der Waals surface area contributed by atoms with Gasteiger partial charge in [0.25, 0.3) is 0 Å². The van der Waals surface area contributed by atoms with Crippen LogP contribution in [0.1, 0.15) is 12.0 Å². The van der Waals surface area contributed by atoms with Crippen molar-refractivity contribution in [3.63, 3.8) is 0 Å². The molecule has 0 saturated carbocycles. The fraction of sp³-hybridized carbons (Fsp3) is 0.417. The summed E-state index contributed by atoms with van der Waals surface area (Å²) in [5.41, 5.74) is -0.642. The van der Waals surface area contributed by atoms with Crippen LogP contribution >= 0.6 is 11.6 Å². The van der Waals surface area contributed by atoms with Crippen LogP contribution in [0.3, 0.4) is 0 Å². The average Bonchev–Trinajstić information content (AvgIpc) is 2.72. The molecule has 17 heavy (non-hydrogen) atoms. The van der Waals surface area contributed by atoms with Gasteiger partial charge < -0.3 is 9.84 Å². The molecule has 0 radical (unpaired) electrons. The summed E-state index contributed by atoms with van der Waals surface area (Å²) in [6, 6.07) is 4.29. The van der Waals surface area contributed by atoms with Crippen molar-refractivity contribution in [2.75, 3.05) is 13.2 Å². The van der Waals surface area contributed by atoms with Crippen LogP contribution in [0.15, 0.2) is 18.2 Å². The van der Waals surface area contributed by atoms with Gasteiger partial charge in [0.1, 0.15) is 5.82 Å². The van der Waals surface area contributed by atoms with Crippen LogP contribution in [0.4, 0.5) is 4.39 Å². The first-order valence-electron chi connectivity index (χ1n) is 5.29. The molecule has 92 valence electrons. The second-order valence-electron chi connectivity index (χ2n) is 4.30. The summed E-state index contributed by atoms with van der Waals surface area (Å²) in [6.45, 7) is 0.534. The largest absolute Gasteiger partial charge is 0.481 e. The van der Waals surface area contributed by atoms with Crippen molar-refractivity contribution >= 4 is 17.6 Å². The third-order valence-corrected chi connectivity index (χ3v) is 3.34. The standard InChI is InChI=1S/C12H12ClFO3/c13-9-2-1-8(10(14)5-9)6-12(11(15)16)3-4-17-7-12/h1-2,5H,3-4,6-7H2,(H,15,16). The van der Waals surface area contributed by atoms with Crippen LogP contribution < -0.4 is 0 Å². The predicted molar refractivity (Wildman–Crippen MR) is 60.6 cm³/mol. The minimum absolute atomic E-state index is 0.129. The van der Waals surface area contributed by atoms with E-state index in [9.17, 15) is 14.3 Å². The number of hydrogen-bond acceptors (Lipinski definition) is 2. The third kappa shape index (κ3) is 2.42. The molecule has 2 rings (SSSR count). The summed E-state index contributed by atoms with van der Waals surface area (Å²) in [6.07, 6.45) is 0.537. The SMILES string of the molecule is O=C(O)C1(Cc2ccc(Cl)cc2F)CCOC1. The van der Waals surface area contributed by atoms with Crippen LogP contribution in [0.5, 0.6) is 0 Å². The molecule has 0 bridgehead atoms. The average molecular weight is 259 g/mol. The predicted octanol–water partition coefficient (Wildman–Crippen LogP) is 2.51. The minimum atomic E-state index is -1.01. The summed E-state index contributed by atoms with van der Waals surface area (Å²) in [5, 5.41) is 9.55. The first-order chi connectivity index (χ1) is 8.03. The van der Waals surface area contributed by atoms with E-state index in [0.717, 1.165) is 0 Å². The van der Waals surface area contributed by atoms with Gasteiger partial charge in [-0.1, -0.05) is 17.7 Å². The lowest BCUT2D eigenvalue weighted by molar-refractivity contribution is -0.148. The molecule has 0 amide bonds. The van der Waals surface area contributed by atoms with Crippen LogP contribution in [-0.2, 0) is 16.0 Å². The molecular weight excluding hydrogens is 247 g/mol. The first kappa shape index (κ1) is 12.3. The zero-order valence-corrected chi connectivity index (χ0v) is 9.84. The topological polar surface area (TPSA) is 46.5 Å². The number of benzene rings is 1. The Balaban J connectivity index is 2.26. The molecule has 1 aromatic carbocycles. The maximum Gasteiger partial charge on any atom is 0.312 e. The molecule has 1 unspecified atom stereocenters. The van der Waals surface area contributed by atoms with E-state index in [4.69, 9.17) is 16.3 Å². The van der Waals surface area contributed by atoms with E-state index in [1.54, 1.807) is 6.07 Å². The van der Waals surface area contributed by atoms with Gasteiger partial charge in [-0.2, -0.15) is 0 Å². The first-order valence-corrected chi connectivity index (χ1v) is 5.66. The smallest absolute Gasteiger partial charge is 0.312 e. The quantitative estimate of drug-likeness (QED) is 0.906. The van der Waals surface area contributed by atoms with Crippen molar-refractivity contribution < 1.29 is 19.0 Å². The molecule has 1 saturated heterocycles. The molecule has 1 N–H and O–H groups in total. The molecule has 1 atom stereocenters. The summed E-state index contributed by atoms with van der Waals surface area (Å²) >= 11 is 5.65. The van der Waals surface area contributed by atoms with E-state index in [1.807, 2.05) is 0 Å². The molecule has 1 heterocycles. The molecule has 1 aliphatic heterocycles. The van der Waals surface area contributed by atoms with Gasteiger partial charge in [-0.05, 0) is 30.5 Å². The monoisotopic (exact) mass is 258 g/mol. The summed E-state index contributed by atoms with van der Waals surface area (Å²) in [7, 11) is 0. The third-order valence-electron chi connectivity index (χ3n) is 3.10. The Labute approximate surface area is 103 Å². The maximum absolute atomic E-state index is 13.6. The Morgan fingerprint density at radius 3 is 2.88 bits per heavy atom. The highest BCUT2D eigenvalue weighted by Gasteiger charge is 2.43. The van der Waals surface area contributed by atoms with Gasteiger partial charge in [0.2, 0.25) is 0 Å². The van der Waals surface area contributed by atoms with Gasteiger partial charge >= 0.3 is 5.97 Å². The number of carboxylic acid groups (broad SMARTS) is 1. The van der Waals surface area contributed by atoms with Crippen molar-refractivity contribution in [2.45, 2.75) is 12.8 Å². The van der Waals surface area contributed by atoms with Gasteiger partial charge in [0.05, 0.1) is 12.0 Å². The summed E-state index contributed by atoms with van der Waals surface area (Å²) in [4.78, 5) is 11.3. The Morgan fingerprint density at radius 2 is 2.35 bits per heavy atom. The number of carbonyl (C=O) groups is 1. The second kappa shape index (κ2) is 4.63. The lowest BCUT2D eigenvalue weighted by Gasteiger charge is -2.22. The zero-order valence-electron chi connectivity index (χ0n) is 9.08. The Hall–Kier alpha value is -1.13. The van der Waals surface area contributed by atoms with Crippen molar-refractivity contribution in [3.05, 3.63) is 34.6 Å². The van der Waals surface area contributed by atoms with Crippen LogP contribution in [0.25, 0.3) is 0 Å². The van der Waals surface area contributed by atoms with Crippen molar-refractivity contribution in [1.29, 1.82) is 0 Å². The van der Waals surface area contributed by atoms with Gasteiger partial charge in [-0.3, -0.25) is 4.79 Å². The van der Waals surface area contributed by atoms with E-state index < -0.39 is 17.2 Å². The fourth-order valence-corrected chi connectivity index (χ4v) is 2.18. The molecule has 1 fully saturated rings. The highest BCUT2D eigenvalue weighted by molar-refractivity contribution is 6.30. The molecule has 3 nitrogen and oxygen atoms in total. The number of rotatable bonds is 3. The molecule has 0 aromatic heterocycles. The number of halogens is 2. The van der Waals surface area contributed by atoms with Gasteiger partial charge in [0, 0.05) is 11.6 Å². The Bertz CT molecular complexity index is 441. The lowest BCUT2D eigenvalue weighted by Crippen LogP contribution is -2.34. The Kier molecular flexibility index (Phi) is 3.35. The highest BCUT2D eigenvalue weighted by atomic mass is 35.5. The molecule has 1 aliphatic rings. The van der Waals surface area contributed by atoms with Gasteiger partial charge in [-0.15, -0.1) is 0 Å². The molecule has 0 spiro atoms. The van der Waals surface area contributed by atoms with Crippen LogP contribution in [-0.4, -0.2) is 24.3 Å². The van der Waals surface area contributed by atoms with E-state index in [-0.39, 0.29) is 13.0 Å².